The van der Waals surface area contributed by atoms with Crippen LogP contribution in [0.15, 0.2) is 35.7 Å². The average Bonchev–Trinajstić information content (AvgIpc) is 2.17. The molecular formula is C10H11Cl2NO2S. The minimum Gasteiger partial charge on any atom is -0.211 e. The zero-order valence-corrected chi connectivity index (χ0v) is 10.7. The van der Waals surface area contributed by atoms with E-state index in [-0.39, 0.29) is 21.5 Å². The summed E-state index contributed by atoms with van der Waals surface area (Å²) in [5.74, 6) is 0. The number of hydrogen-bond acceptors (Lipinski definition) is 2. The van der Waals surface area contributed by atoms with Crippen molar-refractivity contribution in [3.8, 4) is 0 Å². The predicted octanol–water partition coefficient (Wildman–Crippen LogP) is 2.85. The highest BCUT2D eigenvalue weighted by atomic mass is 35.5. The second-order valence-corrected chi connectivity index (χ2v) is 5.54. The van der Waals surface area contributed by atoms with Crippen molar-refractivity contribution in [2.75, 3.05) is 6.54 Å². The Morgan fingerprint density at radius 1 is 1.31 bits per heavy atom. The number of nitrogens with one attached hydrogen (secondary N) is 1. The molecule has 0 unspecified atom stereocenters. The molecule has 6 heteroatoms. The van der Waals surface area contributed by atoms with E-state index in [9.17, 15) is 8.42 Å². The van der Waals surface area contributed by atoms with Crippen LogP contribution in [0.1, 0.15) is 6.42 Å². The van der Waals surface area contributed by atoms with E-state index in [0.29, 0.717) is 6.42 Å². The van der Waals surface area contributed by atoms with Crippen LogP contribution in [0.25, 0.3) is 0 Å². The minimum absolute atomic E-state index is 0.0811. The molecule has 0 aliphatic rings. The van der Waals surface area contributed by atoms with Gasteiger partial charge in [0.15, 0.2) is 0 Å². The fourth-order valence-electron chi connectivity index (χ4n) is 1.11. The van der Waals surface area contributed by atoms with Crippen LogP contribution in [0, 0.1) is 0 Å². The van der Waals surface area contributed by atoms with Gasteiger partial charge in [0.05, 0.1) is 10.0 Å². The smallest absolute Gasteiger partial charge is 0.211 e. The monoisotopic (exact) mass is 279 g/mol. The molecule has 0 aromatic heterocycles. The molecule has 0 aliphatic carbocycles. The predicted molar refractivity (Wildman–Crippen MR) is 66.5 cm³/mol. The molecule has 16 heavy (non-hydrogen) atoms. The van der Waals surface area contributed by atoms with Gasteiger partial charge in [-0.25, -0.2) is 13.1 Å². The van der Waals surface area contributed by atoms with E-state index in [4.69, 9.17) is 23.2 Å². The Hall–Kier alpha value is -0.550. The Kier molecular flexibility index (Phi) is 4.80. The maximum absolute atomic E-state index is 11.8. The highest BCUT2D eigenvalue weighted by Gasteiger charge is 2.20. The van der Waals surface area contributed by atoms with E-state index in [1.807, 2.05) is 0 Å². The summed E-state index contributed by atoms with van der Waals surface area (Å²) in [7, 11) is -3.66. The van der Waals surface area contributed by atoms with Crippen LogP contribution in [-0.2, 0) is 10.0 Å². The molecule has 1 N–H and O–H groups in total. The van der Waals surface area contributed by atoms with Crippen molar-refractivity contribution in [1.29, 1.82) is 0 Å². The van der Waals surface area contributed by atoms with Crippen LogP contribution in [0.5, 0.6) is 0 Å². The summed E-state index contributed by atoms with van der Waals surface area (Å²) in [6, 6.07) is 4.55. The van der Waals surface area contributed by atoms with E-state index in [2.05, 4.69) is 11.3 Å². The Balaban J connectivity index is 3.03. The molecule has 1 rings (SSSR count). The molecule has 0 saturated heterocycles. The largest absolute Gasteiger partial charge is 0.243 e. The third kappa shape index (κ3) is 3.22. The molecule has 0 bridgehead atoms. The molecule has 0 heterocycles. The van der Waals surface area contributed by atoms with Crippen molar-refractivity contribution in [3.63, 3.8) is 0 Å². The summed E-state index contributed by atoms with van der Waals surface area (Å²) >= 11 is 11.6. The lowest BCUT2D eigenvalue weighted by atomic mass is 10.4. The van der Waals surface area contributed by atoms with E-state index in [0.717, 1.165) is 0 Å². The van der Waals surface area contributed by atoms with E-state index in [1.54, 1.807) is 12.1 Å². The lowest BCUT2D eigenvalue weighted by Gasteiger charge is -2.08. The summed E-state index contributed by atoms with van der Waals surface area (Å²) in [6.07, 6.45) is 2.16. The Bertz CT molecular complexity index is 465. The highest BCUT2D eigenvalue weighted by molar-refractivity contribution is 7.89. The van der Waals surface area contributed by atoms with Gasteiger partial charge >= 0.3 is 0 Å². The van der Waals surface area contributed by atoms with Crippen LogP contribution in [-0.4, -0.2) is 15.0 Å². The van der Waals surface area contributed by atoms with Gasteiger partial charge in [0.2, 0.25) is 10.0 Å². The van der Waals surface area contributed by atoms with Crippen molar-refractivity contribution in [3.05, 3.63) is 40.9 Å². The van der Waals surface area contributed by atoms with Gasteiger partial charge in [-0.05, 0) is 18.6 Å². The summed E-state index contributed by atoms with van der Waals surface area (Å²) in [5.41, 5.74) is 0. The number of hydrogen-bond donors (Lipinski definition) is 1. The lowest BCUT2D eigenvalue weighted by Crippen LogP contribution is -2.25. The maximum atomic E-state index is 11.8. The van der Waals surface area contributed by atoms with Gasteiger partial charge in [0.1, 0.15) is 4.90 Å². The van der Waals surface area contributed by atoms with Gasteiger partial charge in [-0.15, -0.1) is 6.58 Å². The normalized spacial score (nSPS) is 11.4. The van der Waals surface area contributed by atoms with E-state index >= 15 is 0 Å². The topological polar surface area (TPSA) is 46.2 Å². The second-order valence-electron chi connectivity index (χ2n) is 3.03. The summed E-state index contributed by atoms with van der Waals surface area (Å²) in [6.45, 7) is 3.77. The third-order valence-electron chi connectivity index (χ3n) is 1.83. The van der Waals surface area contributed by atoms with Crippen LogP contribution in [0.4, 0.5) is 0 Å². The molecule has 1 aromatic rings. The Labute approximate surface area is 105 Å². The van der Waals surface area contributed by atoms with Crippen LogP contribution < -0.4 is 4.72 Å². The molecule has 3 nitrogen and oxygen atoms in total. The number of halogens is 2. The van der Waals surface area contributed by atoms with Gasteiger partial charge in [-0.3, -0.25) is 0 Å². The fourth-order valence-corrected chi connectivity index (χ4v) is 3.29. The Morgan fingerprint density at radius 3 is 2.38 bits per heavy atom. The fraction of sp³-hybridized carbons (Fsp3) is 0.200. The molecule has 1 aromatic carbocycles. The Morgan fingerprint density at radius 2 is 1.88 bits per heavy atom. The molecule has 0 atom stereocenters. The first-order chi connectivity index (χ1) is 7.49. The summed E-state index contributed by atoms with van der Waals surface area (Å²) < 4.78 is 26.1. The summed E-state index contributed by atoms with van der Waals surface area (Å²) in [4.78, 5) is -0.0811. The first-order valence-electron chi connectivity index (χ1n) is 4.53. The van der Waals surface area contributed by atoms with Gasteiger partial charge in [-0.1, -0.05) is 35.3 Å². The number of benzene rings is 1. The van der Waals surface area contributed by atoms with Crippen molar-refractivity contribution in [2.24, 2.45) is 0 Å². The van der Waals surface area contributed by atoms with E-state index in [1.165, 1.54) is 12.1 Å². The molecule has 0 fully saturated rings. The molecule has 88 valence electrons. The number of rotatable bonds is 5. The van der Waals surface area contributed by atoms with Crippen molar-refractivity contribution in [1.82, 2.24) is 4.72 Å². The molecule has 0 saturated carbocycles. The van der Waals surface area contributed by atoms with Gasteiger partial charge in [-0.2, -0.15) is 0 Å². The molecule has 0 radical (unpaired) electrons. The van der Waals surface area contributed by atoms with Crippen LogP contribution in [0.3, 0.4) is 0 Å². The SMILES string of the molecule is C=CCCNS(=O)(=O)c1c(Cl)cccc1Cl. The quantitative estimate of drug-likeness (QED) is 0.666. The minimum atomic E-state index is -3.66. The van der Waals surface area contributed by atoms with Gasteiger partial charge in [0.25, 0.3) is 0 Å². The summed E-state index contributed by atoms with van der Waals surface area (Å²) in [5, 5.41) is 0.220. The lowest BCUT2D eigenvalue weighted by molar-refractivity contribution is 0.582. The standard InChI is InChI=1S/C10H11Cl2NO2S/c1-2-3-7-13-16(14,15)10-8(11)5-4-6-9(10)12/h2,4-6,13H,1,3,7H2. The van der Waals surface area contributed by atoms with Crippen molar-refractivity contribution in [2.45, 2.75) is 11.3 Å². The maximum Gasteiger partial charge on any atom is 0.243 e. The second kappa shape index (κ2) is 5.68. The van der Waals surface area contributed by atoms with Crippen molar-refractivity contribution >= 4 is 33.2 Å². The number of sulfonamides is 1. The molecule has 0 spiro atoms. The molecular weight excluding hydrogens is 269 g/mol. The third-order valence-corrected chi connectivity index (χ3v) is 4.24. The van der Waals surface area contributed by atoms with Crippen LogP contribution >= 0.6 is 23.2 Å². The van der Waals surface area contributed by atoms with Crippen molar-refractivity contribution < 1.29 is 8.42 Å². The van der Waals surface area contributed by atoms with Gasteiger partial charge < -0.3 is 0 Å². The van der Waals surface area contributed by atoms with E-state index < -0.39 is 10.0 Å². The first-order valence-corrected chi connectivity index (χ1v) is 6.77. The molecule has 0 aliphatic heterocycles. The first kappa shape index (κ1) is 13.5. The zero-order chi connectivity index (χ0) is 12.2. The molecule has 0 amide bonds. The average molecular weight is 280 g/mol. The highest BCUT2D eigenvalue weighted by Crippen LogP contribution is 2.28. The van der Waals surface area contributed by atoms with Gasteiger partial charge in [0, 0.05) is 6.54 Å². The van der Waals surface area contributed by atoms with Crippen LogP contribution in [0.2, 0.25) is 10.0 Å². The zero-order valence-electron chi connectivity index (χ0n) is 8.41.